The van der Waals surface area contributed by atoms with Crippen molar-refractivity contribution in [2.45, 2.75) is 226 Å². The van der Waals surface area contributed by atoms with Crippen LogP contribution in [0.1, 0.15) is 193 Å². The Bertz CT molecular complexity index is 3350. The number of aliphatic hydroxyl groups is 1. The Morgan fingerprint density at radius 3 is 1.34 bits per heavy atom. The highest BCUT2D eigenvalue weighted by atomic mass is 16.3. The summed E-state index contributed by atoms with van der Waals surface area (Å²) in [5, 5.41) is 33.7. The van der Waals surface area contributed by atoms with Crippen molar-refractivity contribution in [1.29, 1.82) is 0 Å². The number of carbonyl (C=O) groups excluding carboxylic acids is 11. The van der Waals surface area contributed by atoms with Crippen LogP contribution >= 0.6 is 0 Å². The summed E-state index contributed by atoms with van der Waals surface area (Å²) >= 11 is 0. The lowest BCUT2D eigenvalue weighted by molar-refractivity contribution is -0.147. The zero-order valence-corrected chi connectivity index (χ0v) is 60.1. The van der Waals surface area contributed by atoms with Gasteiger partial charge in [-0.05, 0) is 108 Å². The maximum atomic E-state index is 14.6. The number of piperidine rings is 2. The molecule has 0 radical (unpaired) electrons. The van der Waals surface area contributed by atoms with E-state index < -0.39 is 124 Å². The third kappa shape index (κ3) is 18.2. The summed E-state index contributed by atoms with van der Waals surface area (Å²) in [4.78, 5) is 170. The van der Waals surface area contributed by atoms with Gasteiger partial charge in [0.15, 0.2) is 6.10 Å². The number of carbonyl (C=O) groups is 11. The smallest absolute Gasteiger partial charge is 0.289 e. The molecule has 2 saturated heterocycles. The van der Waals surface area contributed by atoms with Crippen LogP contribution in [0.25, 0.3) is 0 Å². The van der Waals surface area contributed by atoms with Crippen molar-refractivity contribution in [3.63, 3.8) is 0 Å². The number of rotatable bonds is 28. The van der Waals surface area contributed by atoms with Gasteiger partial charge in [-0.2, -0.15) is 0 Å². The topological polar surface area (TPSA) is 362 Å². The highest BCUT2D eigenvalue weighted by Crippen LogP contribution is 2.66. The SMILES string of the molecule is C=CCNC(=O)C(=O)C(CC1CC1)NC(=O)[C@@H]1[C@@H]2[C@H](CN1C(=O)[C@@H](NC(=O)[C@@H](NC(=O)c1cnccn1)C1CCCCC1)C(C)(C)C)C2(C)C.C=CCNC(=O)C(O)C(CC1CC1)NC(=O)[C@@H]1[C@@H]2[C@H](CN1C(=O)[C@@H](NC(=O)[C@@H](NC(=O)c1cnccn1)C1CCCCC1)C(C)(C)C)C2(C)C. The molecule has 8 aliphatic rings. The summed E-state index contributed by atoms with van der Waals surface area (Å²) in [5.41, 5.74) is -1.68. The van der Waals surface area contributed by atoms with E-state index in [1.54, 1.807) is 9.80 Å². The number of nitrogens with one attached hydrogen (secondary N) is 8. The van der Waals surface area contributed by atoms with E-state index in [1.807, 2.05) is 41.5 Å². The minimum atomic E-state index is -1.46. The highest BCUT2D eigenvalue weighted by molar-refractivity contribution is 6.38. The predicted molar refractivity (Wildman–Crippen MR) is 371 cm³/mol. The average molecular weight is 1390 g/mol. The van der Waals surface area contributed by atoms with Gasteiger partial charge in [-0.3, -0.25) is 62.7 Å². The molecule has 2 aliphatic heterocycles. The molecule has 0 aromatic carbocycles. The van der Waals surface area contributed by atoms with Crippen molar-refractivity contribution in [3.8, 4) is 0 Å². The van der Waals surface area contributed by atoms with Crippen LogP contribution in [0.15, 0.2) is 62.5 Å². The number of ketones is 1. The van der Waals surface area contributed by atoms with E-state index in [-0.39, 0.29) is 82.6 Å². The van der Waals surface area contributed by atoms with Gasteiger partial charge in [0.1, 0.15) is 47.6 Å². The predicted octanol–water partition coefficient (Wildman–Crippen LogP) is 4.44. The van der Waals surface area contributed by atoms with Crippen LogP contribution in [0.5, 0.6) is 0 Å². The molecule has 8 fully saturated rings. The molecule has 10 rings (SSSR count). The minimum absolute atomic E-state index is 0.0632. The maximum Gasteiger partial charge on any atom is 0.289 e. The number of aromatic nitrogens is 4. The molecule has 2 aromatic heterocycles. The fourth-order valence-electron chi connectivity index (χ4n) is 16.0. The van der Waals surface area contributed by atoms with E-state index in [4.69, 9.17) is 0 Å². The first-order valence-electron chi connectivity index (χ1n) is 36.3. The number of amides is 10. The van der Waals surface area contributed by atoms with Gasteiger partial charge in [-0.1, -0.05) is 146 Å². The molecule has 4 heterocycles. The van der Waals surface area contributed by atoms with Gasteiger partial charge >= 0.3 is 0 Å². The van der Waals surface area contributed by atoms with Crippen LogP contribution in [-0.2, 0) is 43.2 Å². The fraction of sp³-hybridized carbons (Fsp3) is 0.689. The second-order valence-electron chi connectivity index (χ2n) is 32.6. The molecular weight excluding hydrogens is 1280 g/mol. The third-order valence-electron chi connectivity index (χ3n) is 22.5. The summed E-state index contributed by atoms with van der Waals surface area (Å²) in [7, 11) is 0. The Morgan fingerprint density at radius 1 is 0.540 bits per heavy atom. The number of hydrogen-bond acceptors (Lipinski definition) is 16. The molecule has 13 atom stereocenters. The fourth-order valence-corrected chi connectivity index (χ4v) is 16.0. The first kappa shape index (κ1) is 76.2. The third-order valence-corrected chi connectivity index (χ3v) is 22.5. The van der Waals surface area contributed by atoms with E-state index in [2.05, 4.69) is 103 Å². The first-order chi connectivity index (χ1) is 47.3. The van der Waals surface area contributed by atoms with Gasteiger partial charge in [0, 0.05) is 51.0 Å². The van der Waals surface area contributed by atoms with Crippen LogP contribution in [0, 0.1) is 69.0 Å². The molecule has 26 nitrogen and oxygen atoms in total. The summed E-state index contributed by atoms with van der Waals surface area (Å²) < 4.78 is 0. The van der Waals surface area contributed by atoms with Crippen molar-refractivity contribution in [1.82, 2.24) is 72.3 Å². The van der Waals surface area contributed by atoms with Crippen LogP contribution in [0.4, 0.5) is 0 Å². The highest BCUT2D eigenvalue weighted by Gasteiger charge is 2.71. The molecule has 2 aromatic rings. The zero-order chi connectivity index (χ0) is 72.8. The van der Waals surface area contributed by atoms with Crippen LogP contribution in [0.3, 0.4) is 0 Å². The van der Waals surface area contributed by atoms with Crippen LogP contribution < -0.4 is 42.5 Å². The van der Waals surface area contributed by atoms with Gasteiger partial charge in [0.25, 0.3) is 23.6 Å². The maximum absolute atomic E-state index is 14.6. The number of aliphatic hydroxyl groups excluding tert-OH is 1. The molecule has 0 bridgehead atoms. The molecular formula is C74H108N14O12. The number of likely N-dealkylation sites (tertiary alicyclic amines) is 2. The lowest BCUT2D eigenvalue weighted by Crippen LogP contribution is -2.63. The van der Waals surface area contributed by atoms with Gasteiger partial charge in [0.05, 0.1) is 24.5 Å². The number of fused-ring (bicyclic) bond motifs is 2. The summed E-state index contributed by atoms with van der Waals surface area (Å²) in [6, 6.07) is -7.32. The zero-order valence-electron chi connectivity index (χ0n) is 60.1. The van der Waals surface area contributed by atoms with Gasteiger partial charge < -0.3 is 57.4 Å². The lowest BCUT2D eigenvalue weighted by Gasteiger charge is -2.39. The lowest BCUT2D eigenvalue weighted by atomic mass is 9.82. The molecule has 0 spiro atoms. The second-order valence-corrected chi connectivity index (χ2v) is 32.6. The Labute approximate surface area is 588 Å². The van der Waals surface area contributed by atoms with E-state index in [9.17, 15) is 57.8 Å². The molecule has 3 unspecified atom stereocenters. The van der Waals surface area contributed by atoms with E-state index in [0.717, 1.165) is 89.9 Å². The number of hydrogen-bond donors (Lipinski definition) is 9. The van der Waals surface area contributed by atoms with E-state index in [1.165, 1.54) is 49.3 Å². The molecule has 9 N–H and O–H groups in total. The standard InChI is InChI=1S/C37H55N7O6.C37H53N7O6/c2*1-7-15-40-34(49)29(45)24(18-21-13-14-21)41-33(48)28-26-23(37(26,5)6)20-44(28)35(50)30(36(2,3)4)43-32(47)27(22-11-9-8-10-12-22)42-31(46)25-19-38-16-17-39-25/h7,16-17,19,21-24,26-30,45H,1,8-15,18,20H2,2-6H3,(H,40,49)(H,41,48)(H,42,46)(H,43,47);7,16-17,19,21-24,26-28,30H,1,8-15,18,20H2,2-6H3,(H,40,49)(H,41,48)(H,42,46)(H,43,47)/t23-,24?,26-,27-,28-,29?,30+;23-,24?,26-,27-,28-,30+/m00/s1. The normalized spacial score (nSPS) is 24.9. The average Bonchev–Trinajstić information content (AvgIpc) is 1.53. The van der Waals surface area contributed by atoms with Gasteiger partial charge in [-0.25, -0.2) is 9.97 Å². The van der Waals surface area contributed by atoms with Gasteiger partial charge in [0.2, 0.25) is 41.2 Å². The minimum Gasteiger partial charge on any atom is -0.381 e. The summed E-state index contributed by atoms with van der Waals surface area (Å²) in [6.45, 7) is 27.6. The quantitative estimate of drug-likeness (QED) is 0.0420. The Hall–Kier alpha value is -8.03. The van der Waals surface area contributed by atoms with Crippen molar-refractivity contribution >= 4 is 64.9 Å². The van der Waals surface area contributed by atoms with Crippen molar-refractivity contribution in [2.24, 2.45) is 69.0 Å². The first-order valence-corrected chi connectivity index (χ1v) is 36.3. The van der Waals surface area contributed by atoms with Crippen LogP contribution in [0.2, 0.25) is 0 Å². The van der Waals surface area contributed by atoms with Crippen molar-refractivity contribution < 1.29 is 57.8 Å². The molecule has 6 saturated carbocycles. The van der Waals surface area contributed by atoms with E-state index in [0.29, 0.717) is 31.8 Å². The Balaban J connectivity index is 0.000000233. The van der Waals surface area contributed by atoms with Crippen molar-refractivity contribution in [2.75, 3.05) is 26.2 Å². The molecule has 100 heavy (non-hydrogen) atoms. The molecule has 546 valence electrons. The summed E-state index contributed by atoms with van der Waals surface area (Å²) in [5.74, 6) is -5.48. The van der Waals surface area contributed by atoms with E-state index >= 15 is 0 Å². The second kappa shape index (κ2) is 31.9. The molecule has 10 amide bonds. The molecule has 26 heteroatoms. The van der Waals surface area contributed by atoms with Crippen LogP contribution in [-0.4, -0.2) is 180 Å². The monoisotopic (exact) mass is 1380 g/mol. The van der Waals surface area contributed by atoms with Gasteiger partial charge in [-0.15, -0.1) is 13.2 Å². The largest absolute Gasteiger partial charge is 0.381 e. The Kier molecular flexibility index (Phi) is 24.3. The number of Topliss-reactive ketones (excluding diaryl/α,β-unsaturated/α-hetero) is 1. The molecule has 6 aliphatic carbocycles. The Morgan fingerprint density at radius 2 is 0.950 bits per heavy atom. The number of nitrogens with zero attached hydrogens (tertiary/aromatic N) is 6. The summed E-state index contributed by atoms with van der Waals surface area (Å²) in [6.07, 6.45) is 23.5. The van der Waals surface area contributed by atoms with Crippen molar-refractivity contribution in [3.05, 3.63) is 73.9 Å².